The number of ether oxygens (including phenoxy) is 2. The number of alkyl halides is 3. The van der Waals surface area contributed by atoms with E-state index in [-0.39, 0.29) is 45.2 Å². The second-order valence-corrected chi connectivity index (χ2v) is 8.99. The Hall–Kier alpha value is -3.08. The molecule has 1 unspecified atom stereocenters. The number of benzene rings is 1. The molecule has 2 aromatic rings. The Bertz CT molecular complexity index is 1010. The lowest BCUT2D eigenvalue weighted by atomic mass is 9.96. The Labute approximate surface area is 201 Å². The van der Waals surface area contributed by atoms with Crippen LogP contribution < -0.4 is 4.74 Å². The summed E-state index contributed by atoms with van der Waals surface area (Å²) in [7, 11) is 0. The van der Waals surface area contributed by atoms with Crippen LogP contribution in [-0.2, 0) is 27.0 Å². The van der Waals surface area contributed by atoms with Crippen molar-refractivity contribution in [2.45, 2.75) is 44.0 Å². The van der Waals surface area contributed by atoms with Gasteiger partial charge in [-0.1, -0.05) is 18.2 Å². The van der Waals surface area contributed by atoms with Crippen molar-refractivity contribution in [3.8, 4) is 5.75 Å². The SMILES string of the molecule is O=C(CC1(COc2ccccc2)CN(C(=O)Cn2cc(C(F)(F)F)cn2)CCO1)N1CCCCC1. The second kappa shape index (κ2) is 10.7. The van der Waals surface area contributed by atoms with Crippen LogP contribution >= 0.6 is 0 Å². The van der Waals surface area contributed by atoms with E-state index >= 15 is 0 Å². The Balaban J connectivity index is 1.47. The fourth-order valence-electron chi connectivity index (χ4n) is 4.40. The summed E-state index contributed by atoms with van der Waals surface area (Å²) < 4.78 is 51.7. The number of hydrogen-bond donors (Lipinski definition) is 0. The maximum Gasteiger partial charge on any atom is 0.419 e. The van der Waals surface area contributed by atoms with Gasteiger partial charge in [0.2, 0.25) is 11.8 Å². The molecule has 2 aliphatic rings. The van der Waals surface area contributed by atoms with E-state index in [4.69, 9.17) is 9.47 Å². The number of carbonyl (C=O) groups excluding carboxylic acids is 2. The van der Waals surface area contributed by atoms with E-state index < -0.39 is 23.2 Å². The van der Waals surface area contributed by atoms with Crippen LogP contribution in [0.5, 0.6) is 5.75 Å². The molecule has 1 atom stereocenters. The van der Waals surface area contributed by atoms with Crippen molar-refractivity contribution in [1.82, 2.24) is 19.6 Å². The molecule has 1 aromatic carbocycles. The van der Waals surface area contributed by atoms with Crippen LogP contribution in [0.3, 0.4) is 0 Å². The average Bonchev–Trinajstić information content (AvgIpc) is 3.33. The predicted molar refractivity (Wildman–Crippen MR) is 119 cm³/mol. The molecule has 35 heavy (non-hydrogen) atoms. The zero-order valence-electron chi connectivity index (χ0n) is 19.4. The molecule has 0 bridgehead atoms. The minimum absolute atomic E-state index is 0.0452. The van der Waals surface area contributed by atoms with Crippen molar-refractivity contribution in [2.75, 3.05) is 39.4 Å². The fraction of sp³-hybridized carbons (Fsp3) is 0.542. The van der Waals surface area contributed by atoms with Gasteiger partial charge < -0.3 is 19.3 Å². The first-order valence-electron chi connectivity index (χ1n) is 11.7. The Morgan fingerprint density at radius 3 is 2.46 bits per heavy atom. The van der Waals surface area contributed by atoms with E-state index in [1.807, 2.05) is 23.1 Å². The molecule has 1 aromatic heterocycles. The number of carbonyl (C=O) groups is 2. The smallest absolute Gasteiger partial charge is 0.419 e. The van der Waals surface area contributed by atoms with Crippen molar-refractivity contribution in [3.05, 3.63) is 48.3 Å². The number of nitrogens with zero attached hydrogens (tertiary/aromatic N) is 4. The normalized spacial score (nSPS) is 21.1. The van der Waals surface area contributed by atoms with Crippen LogP contribution in [0.4, 0.5) is 13.2 Å². The highest BCUT2D eigenvalue weighted by molar-refractivity contribution is 5.78. The van der Waals surface area contributed by atoms with Crippen LogP contribution in [0.2, 0.25) is 0 Å². The van der Waals surface area contributed by atoms with Gasteiger partial charge in [-0.25, -0.2) is 0 Å². The van der Waals surface area contributed by atoms with Gasteiger partial charge in [-0.3, -0.25) is 14.3 Å². The van der Waals surface area contributed by atoms with Crippen molar-refractivity contribution in [3.63, 3.8) is 0 Å². The first-order chi connectivity index (χ1) is 16.7. The molecule has 2 fully saturated rings. The van der Waals surface area contributed by atoms with Crippen molar-refractivity contribution < 1.29 is 32.2 Å². The number of aromatic nitrogens is 2. The quantitative estimate of drug-likeness (QED) is 0.592. The molecule has 2 saturated heterocycles. The first-order valence-corrected chi connectivity index (χ1v) is 11.7. The van der Waals surface area contributed by atoms with Gasteiger partial charge in [0, 0.05) is 25.8 Å². The topological polar surface area (TPSA) is 76.9 Å². The molecule has 11 heteroatoms. The molecule has 0 N–H and O–H groups in total. The summed E-state index contributed by atoms with van der Waals surface area (Å²) in [4.78, 5) is 29.4. The number of amides is 2. The van der Waals surface area contributed by atoms with Gasteiger partial charge in [-0.15, -0.1) is 0 Å². The lowest BCUT2D eigenvalue weighted by molar-refractivity contribution is -0.166. The lowest BCUT2D eigenvalue weighted by Crippen LogP contribution is -2.59. The molecule has 4 rings (SSSR count). The highest BCUT2D eigenvalue weighted by atomic mass is 19.4. The van der Waals surface area contributed by atoms with Gasteiger partial charge in [-0.05, 0) is 31.4 Å². The van der Waals surface area contributed by atoms with Gasteiger partial charge in [0.25, 0.3) is 0 Å². The molecule has 8 nitrogen and oxygen atoms in total. The highest BCUT2D eigenvalue weighted by Gasteiger charge is 2.42. The summed E-state index contributed by atoms with van der Waals surface area (Å²) in [5, 5.41) is 3.67. The second-order valence-electron chi connectivity index (χ2n) is 8.99. The van der Waals surface area contributed by atoms with Crippen molar-refractivity contribution in [1.29, 1.82) is 0 Å². The number of morpholine rings is 1. The van der Waals surface area contributed by atoms with Gasteiger partial charge in [0.1, 0.15) is 24.5 Å². The van der Waals surface area contributed by atoms with Gasteiger partial charge in [0.05, 0.1) is 31.3 Å². The van der Waals surface area contributed by atoms with Gasteiger partial charge in [-0.2, -0.15) is 18.3 Å². The maximum absolute atomic E-state index is 13.1. The molecular weight excluding hydrogens is 465 g/mol. The molecule has 0 aliphatic carbocycles. The van der Waals surface area contributed by atoms with E-state index in [2.05, 4.69) is 5.10 Å². The lowest BCUT2D eigenvalue weighted by Gasteiger charge is -2.43. The Kier molecular flexibility index (Phi) is 7.63. The Morgan fingerprint density at radius 1 is 1.03 bits per heavy atom. The van der Waals surface area contributed by atoms with E-state index in [1.54, 1.807) is 12.1 Å². The number of rotatable bonds is 7. The van der Waals surface area contributed by atoms with E-state index in [0.29, 0.717) is 25.0 Å². The summed E-state index contributed by atoms with van der Waals surface area (Å²) >= 11 is 0. The predicted octanol–water partition coefficient (Wildman–Crippen LogP) is 2.98. The zero-order valence-corrected chi connectivity index (χ0v) is 19.4. The summed E-state index contributed by atoms with van der Waals surface area (Å²) in [6.45, 7) is 1.63. The third kappa shape index (κ3) is 6.53. The summed E-state index contributed by atoms with van der Waals surface area (Å²) in [6.07, 6.45) is 0.0196. The Morgan fingerprint density at radius 2 is 1.77 bits per heavy atom. The first kappa shape index (κ1) is 25.0. The van der Waals surface area contributed by atoms with Gasteiger partial charge >= 0.3 is 6.18 Å². The molecule has 0 saturated carbocycles. The molecule has 190 valence electrons. The van der Waals surface area contributed by atoms with Crippen molar-refractivity contribution >= 4 is 11.8 Å². The minimum Gasteiger partial charge on any atom is -0.490 e. The van der Waals surface area contributed by atoms with Crippen LogP contribution in [0, 0.1) is 0 Å². The number of piperidine rings is 1. The van der Waals surface area contributed by atoms with Crippen LogP contribution in [-0.4, -0.2) is 76.4 Å². The van der Waals surface area contributed by atoms with Crippen LogP contribution in [0.25, 0.3) is 0 Å². The van der Waals surface area contributed by atoms with E-state index in [1.165, 1.54) is 4.90 Å². The third-order valence-electron chi connectivity index (χ3n) is 6.29. The number of likely N-dealkylation sites (tertiary alicyclic amines) is 1. The molecule has 3 heterocycles. The fourth-order valence-corrected chi connectivity index (χ4v) is 4.40. The monoisotopic (exact) mass is 494 g/mol. The summed E-state index contributed by atoms with van der Waals surface area (Å²) in [5.74, 6) is 0.151. The molecule has 2 aliphatic heterocycles. The third-order valence-corrected chi connectivity index (χ3v) is 6.29. The van der Waals surface area contributed by atoms with Crippen LogP contribution in [0.15, 0.2) is 42.7 Å². The van der Waals surface area contributed by atoms with Crippen molar-refractivity contribution in [2.24, 2.45) is 0 Å². The number of para-hydroxylation sites is 1. The highest BCUT2D eigenvalue weighted by Crippen LogP contribution is 2.29. The molecule has 0 radical (unpaired) electrons. The van der Waals surface area contributed by atoms with Gasteiger partial charge in [0.15, 0.2) is 0 Å². The maximum atomic E-state index is 13.1. The number of halogens is 3. The van der Waals surface area contributed by atoms with E-state index in [0.717, 1.165) is 30.1 Å². The minimum atomic E-state index is -4.53. The standard InChI is InChI=1S/C24H29F3N4O4/c25-24(26,27)19-14-28-31(15-19)16-22(33)30-11-12-35-23(17-30,18-34-20-7-3-1-4-8-20)13-21(32)29-9-5-2-6-10-29/h1,3-4,7-8,14-15H,2,5-6,9-13,16-18H2. The summed E-state index contributed by atoms with van der Waals surface area (Å²) in [6, 6.07) is 9.11. The van der Waals surface area contributed by atoms with Crippen LogP contribution in [0.1, 0.15) is 31.2 Å². The molecule has 2 amide bonds. The largest absolute Gasteiger partial charge is 0.490 e. The number of hydrogen-bond acceptors (Lipinski definition) is 5. The average molecular weight is 495 g/mol. The summed E-state index contributed by atoms with van der Waals surface area (Å²) in [5.41, 5.74) is -1.98. The zero-order chi connectivity index (χ0) is 24.9. The van der Waals surface area contributed by atoms with E-state index in [9.17, 15) is 22.8 Å². The molecule has 0 spiro atoms. The molecular formula is C24H29F3N4O4.